The van der Waals surface area contributed by atoms with E-state index in [-0.39, 0.29) is 17.9 Å². The van der Waals surface area contributed by atoms with Crippen molar-refractivity contribution in [1.82, 2.24) is 20.3 Å². The van der Waals surface area contributed by atoms with Gasteiger partial charge in [-0.25, -0.2) is 9.97 Å². The first-order valence-corrected chi connectivity index (χ1v) is 10.9. The number of aromatic amines is 1. The zero-order chi connectivity index (χ0) is 18.7. The molecule has 0 radical (unpaired) electrons. The van der Waals surface area contributed by atoms with E-state index < -0.39 is 0 Å². The van der Waals surface area contributed by atoms with Crippen molar-refractivity contribution < 1.29 is 4.79 Å². The van der Waals surface area contributed by atoms with Crippen molar-refractivity contribution in [2.75, 3.05) is 12.0 Å². The van der Waals surface area contributed by atoms with Gasteiger partial charge in [-0.2, -0.15) is 11.8 Å². The summed E-state index contributed by atoms with van der Waals surface area (Å²) >= 11 is 3.36. The lowest BCUT2D eigenvalue weighted by Crippen LogP contribution is -2.30. The Kier molecular flexibility index (Phi) is 5.98. The summed E-state index contributed by atoms with van der Waals surface area (Å²) in [5.41, 5.74) is 2.45. The molecule has 2 heterocycles. The predicted octanol–water partition coefficient (Wildman–Crippen LogP) is 4.68. The average molecular weight is 389 g/mol. The summed E-state index contributed by atoms with van der Waals surface area (Å²) in [7, 11) is 0. The van der Waals surface area contributed by atoms with Gasteiger partial charge in [0, 0.05) is 4.88 Å². The van der Waals surface area contributed by atoms with E-state index in [1.54, 1.807) is 23.1 Å². The standard InChI is InChI=1S/C19H24N4OS2/c1-11(2)17-16(20-12(3)26-17)19(24)23-15(9-10-25-4)18-21-13-7-5-6-8-14(13)22-18/h5-8,11,15H,9-10H2,1-4H3,(H,21,22)(H,23,24)/t15-/m1/s1. The topological polar surface area (TPSA) is 70.7 Å². The van der Waals surface area contributed by atoms with Crippen LogP contribution in [0.4, 0.5) is 0 Å². The molecule has 3 rings (SSSR count). The van der Waals surface area contributed by atoms with E-state index in [4.69, 9.17) is 0 Å². The summed E-state index contributed by atoms with van der Waals surface area (Å²) in [6, 6.07) is 7.76. The maximum absolute atomic E-state index is 12.9. The van der Waals surface area contributed by atoms with E-state index in [2.05, 4.69) is 40.4 Å². The molecule has 0 spiro atoms. The minimum atomic E-state index is -0.163. The zero-order valence-electron chi connectivity index (χ0n) is 15.5. The number of para-hydroxylation sites is 2. The molecule has 3 aromatic rings. The van der Waals surface area contributed by atoms with Crippen molar-refractivity contribution >= 4 is 40.0 Å². The van der Waals surface area contributed by atoms with Crippen LogP contribution in [0.25, 0.3) is 11.0 Å². The van der Waals surface area contributed by atoms with Crippen LogP contribution in [-0.4, -0.2) is 32.9 Å². The Morgan fingerprint density at radius 3 is 2.77 bits per heavy atom. The maximum atomic E-state index is 12.9. The Bertz CT molecular complexity index is 867. The van der Waals surface area contributed by atoms with Crippen LogP contribution in [-0.2, 0) is 0 Å². The van der Waals surface area contributed by atoms with Crippen LogP contribution in [0.2, 0.25) is 0 Å². The second kappa shape index (κ2) is 8.22. The average Bonchev–Trinajstić information content (AvgIpc) is 3.21. The van der Waals surface area contributed by atoms with E-state index >= 15 is 0 Å². The molecule has 0 bridgehead atoms. The lowest BCUT2D eigenvalue weighted by Gasteiger charge is -2.16. The van der Waals surface area contributed by atoms with E-state index in [1.807, 2.05) is 31.2 Å². The van der Waals surface area contributed by atoms with Gasteiger partial charge < -0.3 is 10.3 Å². The minimum Gasteiger partial charge on any atom is -0.341 e. The van der Waals surface area contributed by atoms with Crippen molar-refractivity contribution in [1.29, 1.82) is 0 Å². The minimum absolute atomic E-state index is 0.121. The number of hydrogen-bond acceptors (Lipinski definition) is 5. The fraction of sp³-hybridized carbons (Fsp3) is 0.421. The van der Waals surface area contributed by atoms with E-state index in [1.165, 1.54) is 0 Å². The van der Waals surface area contributed by atoms with Crippen molar-refractivity contribution in [2.45, 2.75) is 39.2 Å². The van der Waals surface area contributed by atoms with E-state index in [9.17, 15) is 4.79 Å². The molecule has 7 heteroatoms. The maximum Gasteiger partial charge on any atom is 0.271 e. The SMILES string of the molecule is CSCC[C@@H](NC(=O)c1nc(C)sc1C(C)C)c1nc2ccccc2[nH]1. The summed E-state index contributed by atoms with van der Waals surface area (Å²) in [6.07, 6.45) is 2.88. The van der Waals surface area contributed by atoms with Crippen LogP contribution < -0.4 is 5.32 Å². The first-order chi connectivity index (χ1) is 12.5. The highest BCUT2D eigenvalue weighted by molar-refractivity contribution is 7.98. The number of fused-ring (bicyclic) bond motifs is 1. The number of hydrogen-bond donors (Lipinski definition) is 2. The van der Waals surface area contributed by atoms with E-state index in [0.29, 0.717) is 5.69 Å². The second-order valence-electron chi connectivity index (χ2n) is 6.55. The molecule has 0 saturated heterocycles. The zero-order valence-corrected chi connectivity index (χ0v) is 17.1. The molecule has 2 N–H and O–H groups in total. The fourth-order valence-corrected chi connectivity index (χ4v) is 4.27. The van der Waals surface area contributed by atoms with Crippen LogP contribution in [0.15, 0.2) is 24.3 Å². The molecule has 26 heavy (non-hydrogen) atoms. The van der Waals surface area contributed by atoms with Gasteiger partial charge >= 0.3 is 0 Å². The van der Waals surface area contributed by atoms with Gasteiger partial charge in [0.15, 0.2) is 0 Å². The largest absolute Gasteiger partial charge is 0.341 e. The number of imidazole rings is 1. The lowest BCUT2D eigenvalue weighted by molar-refractivity contribution is 0.0928. The molecule has 0 aliphatic carbocycles. The van der Waals surface area contributed by atoms with Gasteiger partial charge in [-0.15, -0.1) is 11.3 Å². The van der Waals surface area contributed by atoms with Gasteiger partial charge in [0.1, 0.15) is 11.5 Å². The molecular formula is C19H24N4OS2. The van der Waals surface area contributed by atoms with Gasteiger partial charge in [-0.05, 0) is 43.4 Å². The van der Waals surface area contributed by atoms with Crippen LogP contribution in [0.5, 0.6) is 0 Å². The number of amides is 1. The highest BCUT2D eigenvalue weighted by Crippen LogP contribution is 2.27. The first kappa shape index (κ1) is 18.9. The molecule has 1 atom stereocenters. The Morgan fingerprint density at radius 2 is 2.08 bits per heavy atom. The molecule has 1 amide bonds. The third-order valence-electron chi connectivity index (χ3n) is 4.15. The summed E-state index contributed by atoms with van der Waals surface area (Å²) in [5.74, 6) is 1.89. The first-order valence-electron chi connectivity index (χ1n) is 8.71. The number of thiazole rings is 1. The van der Waals surface area contributed by atoms with Crippen LogP contribution in [0, 0.1) is 6.92 Å². The van der Waals surface area contributed by atoms with E-state index in [0.717, 1.165) is 38.9 Å². The molecular weight excluding hydrogens is 364 g/mol. The van der Waals surface area contributed by atoms with Gasteiger partial charge in [0.25, 0.3) is 5.91 Å². The number of carbonyl (C=O) groups is 1. The molecule has 0 unspecified atom stereocenters. The van der Waals surface area contributed by atoms with Crippen LogP contribution in [0.3, 0.4) is 0 Å². The Balaban J connectivity index is 1.87. The quantitative estimate of drug-likeness (QED) is 0.617. The molecule has 5 nitrogen and oxygen atoms in total. The number of carbonyl (C=O) groups excluding carboxylic acids is 1. The summed E-state index contributed by atoms with van der Waals surface area (Å²) < 4.78 is 0. The number of thioether (sulfide) groups is 1. The van der Waals surface area contributed by atoms with Gasteiger partial charge in [-0.1, -0.05) is 26.0 Å². The molecule has 2 aromatic heterocycles. The van der Waals surface area contributed by atoms with Crippen molar-refractivity contribution in [3.8, 4) is 0 Å². The third-order valence-corrected chi connectivity index (χ3v) is 6.07. The smallest absolute Gasteiger partial charge is 0.271 e. The fourth-order valence-electron chi connectivity index (χ4n) is 2.87. The Labute approximate surface area is 162 Å². The molecule has 0 saturated carbocycles. The van der Waals surface area contributed by atoms with Crippen LogP contribution >= 0.6 is 23.1 Å². The number of benzene rings is 1. The van der Waals surface area contributed by atoms with Gasteiger partial charge in [0.2, 0.25) is 0 Å². The number of aromatic nitrogens is 3. The molecule has 0 aliphatic rings. The van der Waals surface area contributed by atoms with Gasteiger partial charge in [0.05, 0.1) is 22.1 Å². The summed E-state index contributed by atoms with van der Waals surface area (Å²) in [6.45, 7) is 6.13. The Hall–Kier alpha value is -1.86. The van der Waals surface area contributed by atoms with Crippen molar-refractivity contribution in [3.63, 3.8) is 0 Å². The van der Waals surface area contributed by atoms with Crippen LogP contribution in [0.1, 0.15) is 58.4 Å². The summed E-state index contributed by atoms with van der Waals surface area (Å²) in [4.78, 5) is 26.5. The normalized spacial score (nSPS) is 12.7. The van der Waals surface area contributed by atoms with Crippen molar-refractivity contribution in [3.05, 3.63) is 45.7 Å². The Morgan fingerprint density at radius 1 is 1.31 bits per heavy atom. The number of H-pyrrole nitrogens is 1. The highest BCUT2D eigenvalue weighted by Gasteiger charge is 2.24. The van der Waals surface area contributed by atoms with Gasteiger partial charge in [-0.3, -0.25) is 4.79 Å². The predicted molar refractivity (Wildman–Crippen MR) is 110 cm³/mol. The summed E-state index contributed by atoms with van der Waals surface area (Å²) in [5, 5.41) is 4.07. The highest BCUT2D eigenvalue weighted by atomic mass is 32.2. The number of nitrogens with zero attached hydrogens (tertiary/aromatic N) is 2. The lowest BCUT2D eigenvalue weighted by atomic mass is 10.1. The van der Waals surface area contributed by atoms with Crippen molar-refractivity contribution in [2.24, 2.45) is 0 Å². The third kappa shape index (κ3) is 4.10. The number of nitrogens with one attached hydrogen (secondary N) is 2. The molecule has 138 valence electrons. The molecule has 0 aliphatic heterocycles. The second-order valence-corrected chi connectivity index (χ2v) is 8.77. The number of rotatable bonds is 7. The monoisotopic (exact) mass is 388 g/mol. The molecule has 0 fully saturated rings. The molecule has 1 aromatic carbocycles. The number of aryl methyl sites for hydroxylation is 1.